The molecule has 8 nitrogen and oxygen atoms in total. The second-order valence-electron chi connectivity index (χ2n) is 5.21. The molecule has 2 N–H and O–H groups in total. The number of carboxylic acid groups (broad SMARTS) is 1. The molecule has 2 amide bonds. The van der Waals surface area contributed by atoms with Crippen LogP contribution in [0.2, 0.25) is 0 Å². The monoisotopic (exact) mass is 321 g/mol. The van der Waals surface area contributed by atoms with Crippen LogP contribution in [-0.4, -0.2) is 86.1 Å². The Morgan fingerprint density at radius 2 is 2.05 bits per heavy atom. The maximum Gasteiger partial charge on any atom is 0.323 e. The molecule has 9 heteroatoms. The minimum absolute atomic E-state index is 0.000359. The van der Waals surface area contributed by atoms with Gasteiger partial charge in [-0.2, -0.15) is 0 Å². The molecule has 1 rings (SSSR count). The summed E-state index contributed by atoms with van der Waals surface area (Å²) in [5.41, 5.74) is 0. The van der Waals surface area contributed by atoms with Gasteiger partial charge in [0.1, 0.15) is 6.54 Å². The fourth-order valence-electron chi connectivity index (χ4n) is 2.15. The first kappa shape index (κ1) is 17.7. The average Bonchev–Trinajstić information content (AvgIpc) is 2.75. The molecular formula is C12H23N3O5S. The summed E-state index contributed by atoms with van der Waals surface area (Å²) in [4.78, 5) is 26.1. The van der Waals surface area contributed by atoms with E-state index in [4.69, 9.17) is 5.11 Å². The van der Waals surface area contributed by atoms with E-state index >= 15 is 0 Å². The summed E-state index contributed by atoms with van der Waals surface area (Å²) in [5.74, 6) is -1.32. The summed E-state index contributed by atoms with van der Waals surface area (Å²) in [6, 6.07) is -1.08. The van der Waals surface area contributed by atoms with Gasteiger partial charge in [0.25, 0.3) is 0 Å². The minimum Gasteiger partial charge on any atom is -0.480 e. The van der Waals surface area contributed by atoms with Crippen LogP contribution in [-0.2, 0) is 14.6 Å². The van der Waals surface area contributed by atoms with Crippen molar-refractivity contribution in [1.82, 2.24) is 15.1 Å². The first-order valence-electron chi connectivity index (χ1n) is 6.90. The number of aliphatic carboxylic acids is 1. The van der Waals surface area contributed by atoms with Gasteiger partial charge in [-0.15, -0.1) is 0 Å². The first-order chi connectivity index (χ1) is 9.75. The van der Waals surface area contributed by atoms with Gasteiger partial charge < -0.3 is 20.2 Å². The fourth-order valence-corrected chi connectivity index (χ4v) is 3.88. The summed E-state index contributed by atoms with van der Waals surface area (Å²) in [5, 5.41) is 11.5. The Kier molecular flexibility index (Phi) is 6.41. The van der Waals surface area contributed by atoms with Crippen LogP contribution < -0.4 is 5.32 Å². The van der Waals surface area contributed by atoms with Crippen molar-refractivity contribution in [3.05, 3.63) is 0 Å². The predicted octanol–water partition coefficient (Wildman–Crippen LogP) is -0.779. The maximum absolute atomic E-state index is 12.1. The van der Waals surface area contributed by atoms with E-state index in [1.165, 1.54) is 0 Å². The van der Waals surface area contributed by atoms with Crippen LogP contribution in [0.25, 0.3) is 0 Å². The zero-order valence-corrected chi connectivity index (χ0v) is 13.2. The van der Waals surface area contributed by atoms with Gasteiger partial charge in [-0.3, -0.25) is 4.79 Å². The third-order valence-corrected chi connectivity index (χ3v) is 5.28. The van der Waals surface area contributed by atoms with E-state index in [1.807, 2.05) is 18.9 Å². The van der Waals surface area contributed by atoms with Crippen LogP contribution in [0.3, 0.4) is 0 Å². The van der Waals surface area contributed by atoms with Crippen molar-refractivity contribution in [1.29, 1.82) is 0 Å². The van der Waals surface area contributed by atoms with Crippen LogP contribution >= 0.6 is 0 Å². The number of amides is 2. The molecule has 0 bridgehead atoms. The van der Waals surface area contributed by atoms with E-state index < -0.39 is 34.4 Å². The van der Waals surface area contributed by atoms with Gasteiger partial charge in [0.15, 0.2) is 9.84 Å². The van der Waals surface area contributed by atoms with E-state index in [0.29, 0.717) is 13.1 Å². The molecule has 0 aromatic heterocycles. The van der Waals surface area contributed by atoms with Gasteiger partial charge in [0.05, 0.1) is 11.5 Å². The highest BCUT2D eigenvalue weighted by Crippen LogP contribution is 2.17. The molecule has 1 aliphatic heterocycles. The number of hydrogen-bond donors (Lipinski definition) is 2. The van der Waals surface area contributed by atoms with Crippen LogP contribution in [0.4, 0.5) is 4.79 Å². The van der Waals surface area contributed by atoms with E-state index in [9.17, 15) is 18.0 Å². The smallest absolute Gasteiger partial charge is 0.323 e. The molecule has 0 saturated carbocycles. The maximum atomic E-state index is 12.1. The Bertz CT molecular complexity index is 479. The number of carboxylic acids is 1. The van der Waals surface area contributed by atoms with Crippen LogP contribution in [0, 0.1) is 0 Å². The Balaban J connectivity index is 2.61. The molecule has 0 aromatic carbocycles. The van der Waals surface area contributed by atoms with Gasteiger partial charge in [-0.25, -0.2) is 13.2 Å². The summed E-state index contributed by atoms with van der Waals surface area (Å²) >= 11 is 0. The molecule has 1 saturated heterocycles. The fraction of sp³-hybridized carbons (Fsp3) is 0.833. The van der Waals surface area contributed by atoms with E-state index in [0.717, 1.165) is 11.4 Å². The SMILES string of the molecule is CCN(C)CCNC(=O)N(CC(=O)O)C1CCS(=O)(=O)C1. The summed E-state index contributed by atoms with van der Waals surface area (Å²) < 4.78 is 23.0. The van der Waals surface area contributed by atoms with Crippen LogP contribution in [0.1, 0.15) is 13.3 Å². The second-order valence-corrected chi connectivity index (χ2v) is 7.44. The van der Waals surface area contributed by atoms with E-state index in [2.05, 4.69) is 5.32 Å². The number of hydrogen-bond acceptors (Lipinski definition) is 5. The quantitative estimate of drug-likeness (QED) is 0.637. The van der Waals surface area contributed by atoms with Gasteiger partial charge in [-0.1, -0.05) is 6.92 Å². The highest BCUT2D eigenvalue weighted by Gasteiger charge is 2.35. The van der Waals surface area contributed by atoms with Gasteiger partial charge >= 0.3 is 12.0 Å². The number of sulfone groups is 1. The number of nitrogens with one attached hydrogen (secondary N) is 1. The van der Waals surface area contributed by atoms with Crippen molar-refractivity contribution in [3.8, 4) is 0 Å². The lowest BCUT2D eigenvalue weighted by Crippen LogP contribution is -2.50. The molecule has 0 spiro atoms. The Hall–Kier alpha value is -1.35. The number of rotatable bonds is 7. The predicted molar refractivity (Wildman–Crippen MR) is 78.0 cm³/mol. The number of likely N-dealkylation sites (N-methyl/N-ethyl adjacent to an activating group) is 1. The lowest BCUT2D eigenvalue weighted by atomic mass is 10.2. The van der Waals surface area contributed by atoms with Crippen molar-refractivity contribution >= 4 is 21.8 Å². The molecule has 0 radical (unpaired) electrons. The third kappa shape index (κ3) is 5.88. The molecule has 1 atom stereocenters. The largest absolute Gasteiger partial charge is 0.480 e. The summed E-state index contributed by atoms with van der Waals surface area (Å²) in [7, 11) is -1.26. The zero-order valence-electron chi connectivity index (χ0n) is 12.4. The number of carbonyl (C=O) groups is 2. The standard InChI is InChI=1S/C12H23N3O5S/c1-3-14(2)6-5-13-12(18)15(8-11(16)17)10-4-7-21(19,20)9-10/h10H,3-9H2,1-2H3,(H,13,18)(H,16,17). The minimum atomic E-state index is -3.17. The third-order valence-electron chi connectivity index (χ3n) is 3.53. The molecule has 0 aromatic rings. The van der Waals surface area contributed by atoms with Crippen molar-refractivity contribution < 1.29 is 23.1 Å². The molecule has 1 heterocycles. The molecular weight excluding hydrogens is 298 g/mol. The van der Waals surface area contributed by atoms with Crippen molar-refractivity contribution in [2.24, 2.45) is 0 Å². The lowest BCUT2D eigenvalue weighted by molar-refractivity contribution is -0.138. The zero-order chi connectivity index (χ0) is 16.0. The Labute approximate surface area is 125 Å². The Morgan fingerprint density at radius 1 is 1.38 bits per heavy atom. The molecule has 1 aliphatic rings. The van der Waals surface area contributed by atoms with Crippen LogP contribution in [0.5, 0.6) is 0 Å². The number of nitrogens with zero attached hydrogens (tertiary/aromatic N) is 2. The van der Waals surface area contributed by atoms with Gasteiger partial charge in [0, 0.05) is 19.1 Å². The van der Waals surface area contributed by atoms with E-state index in [-0.39, 0.29) is 17.9 Å². The molecule has 1 unspecified atom stereocenters. The summed E-state index contributed by atoms with van der Waals surface area (Å²) in [6.45, 7) is 3.37. The highest BCUT2D eigenvalue weighted by atomic mass is 32.2. The highest BCUT2D eigenvalue weighted by molar-refractivity contribution is 7.91. The molecule has 1 fully saturated rings. The molecule has 21 heavy (non-hydrogen) atoms. The number of carbonyl (C=O) groups excluding carboxylic acids is 1. The Morgan fingerprint density at radius 3 is 2.52 bits per heavy atom. The number of urea groups is 1. The van der Waals surface area contributed by atoms with Gasteiger partial charge in [-0.05, 0) is 20.0 Å². The van der Waals surface area contributed by atoms with Crippen LogP contribution in [0.15, 0.2) is 0 Å². The molecule has 0 aliphatic carbocycles. The van der Waals surface area contributed by atoms with Crippen molar-refractivity contribution in [2.75, 3.05) is 44.7 Å². The van der Waals surface area contributed by atoms with Crippen molar-refractivity contribution in [3.63, 3.8) is 0 Å². The van der Waals surface area contributed by atoms with Gasteiger partial charge in [0.2, 0.25) is 0 Å². The summed E-state index contributed by atoms with van der Waals surface area (Å²) in [6.07, 6.45) is 0.290. The molecule has 122 valence electrons. The lowest BCUT2D eigenvalue weighted by Gasteiger charge is -2.27. The topological polar surface area (TPSA) is 107 Å². The van der Waals surface area contributed by atoms with E-state index in [1.54, 1.807) is 0 Å². The van der Waals surface area contributed by atoms with Crippen molar-refractivity contribution in [2.45, 2.75) is 19.4 Å². The first-order valence-corrected chi connectivity index (χ1v) is 8.72. The average molecular weight is 321 g/mol. The normalized spacial score (nSPS) is 20.4. The second kappa shape index (κ2) is 7.60.